The molecule has 0 radical (unpaired) electrons. The lowest BCUT2D eigenvalue weighted by atomic mass is 10.0. The number of hydrogen-bond acceptors (Lipinski definition) is 9. The van der Waals surface area contributed by atoms with E-state index in [1.165, 1.54) is 6.92 Å². The zero-order valence-electron chi connectivity index (χ0n) is 30.2. The van der Waals surface area contributed by atoms with Gasteiger partial charge in [0.2, 0.25) is 5.91 Å². The average Bonchev–Trinajstić information content (AvgIpc) is 3.07. The number of benzene rings is 2. The molecule has 0 spiro atoms. The van der Waals surface area contributed by atoms with Crippen molar-refractivity contribution < 1.29 is 41.1 Å². The fraction of sp³-hybridized carbons (Fsp3) is 0.595. The Morgan fingerprint density at radius 2 is 1.59 bits per heavy atom. The highest BCUT2D eigenvalue weighted by Gasteiger charge is 2.36. The van der Waals surface area contributed by atoms with Crippen LogP contribution in [0.4, 0.5) is 13.6 Å². The van der Waals surface area contributed by atoms with Gasteiger partial charge in [-0.3, -0.25) is 4.79 Å². The Labute approximate surface area is 300 Å². The van der Waals surface area contributed by atoms with Crippen molar-refractivity contribution in [1.82, 2.24) is 15.5 Å². The van der Waals surface area contributed by atoms with Crippen LogP contribution in [-0.2, 0) is 48.3 Å². The van der Waals surface area contributed by atoms with Gasteiger partial charge in [0.05, 0.1) is 11.0 Å². The molecule has 51 heavy (non-hydrogen) atoms. The Bertz CT molecular complexity index is 1530. The van der Waals surface area contributed by atoms with Gasteiger partial charge in [-0.05, 0) is 54.5 Å². The summed E-state index contributed by atoms with van der Waals surface area (Å²) in [5.41, 5.74) is 8.87. The van der Waals surface area contributed by atoms with Gasteiger partial charge in [0.15, 0.2) is 9.84 Å². The van der Waals surface area contributed by atoms with Crippen LogP contribution in [0.2, 0.25) is 0 Å². The summed E-state index contributed by atoms with van der Waals surface area (Å²) in [5, 5.41) is 4.95. The summed E-state index contributed by atoms with van der Waals surface area (Å²) in [6, 6.07) is 8.34. The van der Waals surface area contributed by atoms with E-state index in [1.54, 1.807) is 4.90 Å². The number of carbonyl (C=O) groups excluding carboxylic acids is 3. The number of nitrogens with one attached hydrogen (secondary N) is 2. The monoisotopic (exact) mass is 736 g/mol. The van der Waals surface area contributed by atoms with Gasteiger partial charge in [-0.25, -0.2) is 26.8 Å². The van der Waals surface area contributed by atoms with Gasteiger partial charge < -0.3 is 30.7 Å². The van der Waals surface area contributed by atoms with Crippen molar-refractivity contribution >= 4 is 27.8 Å². The third-order valence-corrected chi connectivity index (χ3v) is 11.4. The lowest BCUT2D eigenvalue weighted by Crippen LogP contribution is -2.53. The molecule has 3 atom stereocenters. The first kappa shape index (κ1) is 41.8. The molecule has 11 nitrogen and oxygen atoms in total. The second-order valence-electron chi connectivity index (χ2n) is 13.3. The number of amides is 2. The summed E-state index contributed by atoms with van der Waals surface area (Å²) in [6.45, 7) is 8.46. The van der Waals surface area contributed by atoms with E-state index in [2.05, 4.69) is 10.6 Å². The second kappa shape index (κ2) is 20.4. The first-order chi connectivity index (χ1) is 24.2. The van der Waals surface area contributed by atoms with Crippen LogP contribution in [0.15, 0.2) is 42.5 Å². The van der Waals surface area contributed by atoms with E-state index in [-0.39, 0.29) is 24.4 Å². The Morgan fingerprint density at radius 3 is 2.18 bits per heavy atom. The number of rotatable bonds is 19. The lowest BCUT2D eigenvalue weighted by molar-refractivity contribution is -0.152. The Morgan fingerprint density at radius 1 is 0.961 bits per heavy atom. The standard InChI is InChI=1S/C37H54F2N4O7S/c1-5-9-32(10-6-2)51(47,48)24-34(42-37(46)49-31-13-15-43(16-14-31)25(4)44)36(45)50-35(23-41-22-27-12-8-11-26(7-3)17-27)33(40)20-28-18-29(38)21-30(39)19-28/h8,11-12,17-19,21,31-35,41H,5-7,9-10,13-16,20,22-24,40H2,1-4H3,(H,42,46)/t33-,34-,35+/m0/s1. The number of aryl methyl sites for hydroxylation is 1. The molecule has 1 aliphatic rings. The lowest BCUT2D eigenvalue weighted by Gasteiger charge is -2.31. The van der Waals surface area contributed by atoms with Crippen molar-refractivity contribution in [3.8, 4) is 0 Å². The minimum atomic E-state index is -3.91. The molecule has 0 unspecified atom stereocenters. The quantitative estimate of drug-likeness (QED) is 0.176. The Hall–Kier alpha value is -3.62. The van der Waals surface area contributed by atoms with Gasteiger partial charge in [-0.1, -0.05) is 57.9 Å². The predicted molar refractivity (Wildman–Crippen MR) is 192 cm³/mol. The first-order valence-electron chi connectivity index (χ1n) is 17.9. The van der Waals surface area contributed by atoms with Gasteiger partial charge in [-0.2, -0.15) is 0 Å². The third kappa shape index (κ3) is 13.8. The first-order valence-corrected chi connectivity index (χ1v) is 19.6. The number of nitrogens with zero attached hydrogens (tertiary/aromatic N) is 1. The number of esters is 1. The highest BCUT2D eigenvalue weighted by atomic mass is 32.2. The van der Waals surface area contributed by atoms with Crippen LogP contribution >= 0.6 is 0 Å². The van der Waals surface area contributed by atoms with Crippen molar-refractivity contribution in [2.45, 2.75) is 115 Å². The van der Waals surface area contributed by atoms with E-state index in [0.29, 0.717) is 58.2 Å². The van der Waals surface area contributed by atoms with Crippen LogP contribution < -0.4 is 16.4 Å². The molecule has 1 aliphatic heterocycles. The van der Waals surface area contributed by atoms with E-state index in [4.69, 9.17) is 15.2 Å². The molecule has 1 heterocycles. The van der Waals surface area contributed by atoms with Crippen molar-refractivity contribution in [2.24, 2.45) is 5.73 Å². The fourth-order valence-corrected chi connectivity index (χ4v) is 8.41. The summed E-state index contributed by atoms with van der Waals surface area (Å²) in [5.74, 6) is -3.40. The molecule has 4 N–H and O–H groups in total. The summed E-state index contributed by atoms with van der Waals surface area (Å²) in [4.78, 5) is 40.4. The van der Waals surface area contributed by atoms with Crippen molar-refractivity contribution in [3.05, 3.63) is 70.8 Å². The number of nitrogens with two attached hydrogens (primary N) is 1. The van der Waals surface area contributed by atoms with E-state index in [1.807, 2.05) is 45.0 Å². The summed E-state index contributed by atoms with van der Waals surface area (Å²) in [6.07, 6.45) is 0.945. The largest absolute Gasteiger partial charge is 0.458 e. The molecule has 2 amide bonds. The number of carbonyl (C=O) groups is 3. The number of hydrogen-bond donors (Lipinski definition) is 3. The maximum absolute atomic E-state index is 14.0. The predicted octanol–water partition coefficient (Wildman–Crippen LogP) is 4.59. The van der Waals surface area contributed by atoms with Crippen LogP contribution in [0.25, 0.3) is 0 Å². The van der Waals surface area contributed by atoms with E-state index >= 15 is 0 Å². The third-order valence-electron chi connectivity index (χ3n) is 9.08. The fourth-order valence-electron chi connectivity index (χ4n) is 6.26. The van der Waals surface area contributed by atoms with Gasteiger partial charge in [-0.15, -0.1) is 0 Å². The highest BCUT2D eigenvalue weighted by Crippen LogP contribution is 2.19. The Balaban J connectivity index is 1.84. The van der Waals surface area contributed by atoms with Crippen LogP contribution in [0.5, 0.6) is 0 Å². The van der Waals surface area contributed by atoms with Gasteiger partial charge in [0.1, 0.15) is 29.9 Å². The van der Waals surface area contributed by atoms with E-state index in [9.17, 15) is 31.6 Å². The van der Waals surface area contributed by atoms with Crippen molar-refractivity contribution in [3.63, 3.8) is 0 Å². The van der Waals surface area contributed by atoms with E-state index in [0.717, 1.165) is 35.7 Å². The van der Waals surface area contributed by atoms with Crippen LogP contribution in [0.1, 0.15) is 82.9 Å². The Kier molecular flexibility index (Phi) is 16.7. The van der Waals surface area contributed by atoms with Gasteiger partial charge in [0, 0.05) is 58.1 Å². The molecule has 0 bridgehead atoms. The molecule has 14 heteroatoms. The van der Waals surface area contributed by atoms with E-state index < -0.39 is 68.8 Å². The number of piperidine rings is 1. The molecule has 0 aliphatic carbocycles. The molecule has 3 rings (SSSR count). The maximum atomic E-state index is 14.0. The smallest absolute Gasteiger partial charge is 0.408 e. The van der Waals surface area contributed by atoms with Crippen LogP contribution in [0.3, 0.4) is 0 Å². The second-order valence-corrected chi connectivity index (χ2v) is 15.6. The number of ether oxygens (including phenoxy) is 2. The van der Waals surface area contributed by atoms with Crippen LogP contribution in [-0.4, -0.2) is 86.2 Å². The molecule has 2 aromatic rings. The minimum Gasteiger partial charge on any atom is -0.458 e. The molecule has 2 aromatic carbocycles. The zero-order chi connectivity index (χ0) is 37.6. The minimum absolute atomic E-state index is 0.0218. The number of likely N-dealkylation sites (tertiary alicyclic amines) is 1. The average molecular weight is 737 g/mol. The summed E-state index contributed by atoms with van der Waals surface area (Å²) < 4.78 is 66.8. The number of halogens is 2. The number of sulfone groups is 1. The SMILES string of the molecule is CCCC(CCC)S(=O)(=O)C[C@H](NC(=O)OC1CCN(C(C)=O)CC1)C(=O)O[C@H](CNCc1cccc(CC)c1)[C@@H](N)Cc1cc(F)cc(F)c1. The molecule has 1 saturated heterocycles. The van der Waals surface area contributed by atoms with Crippen molar-refractivity contribution in [2.75, 3.05) is 25.4 Å². The molecule has 1 fully saturated rings. The normalized spacial score (nSPS) is 15.6. The topological polar surface area (TPSA) is 157 Å². The van der Waals surface area contributed by atoms with Gasteiger partial charge >= 0.3 is 12.1 Å². The molecule has 284 valence electrons. The molecule has 0 saturated carbocycles. The molecular weight excluding hydrogens is 682 g/mol. The number of alkyl carbamates (subject to hydrolysis) is 1. The van der Waals surface area contributed by atoms with Crippen molar-refractivity contribution in [1.29, 1.82) is 0 Å². The van der Waals surface area contributed by atoms with Gasteiger partial charge in [0.25, 0.3) is 0 Å². The zero-order valence-corrected chi connectivity index (χ0v) is 31.0. The maximum Gasteiger partial charge on any atom is 0.408 e. The highest BCUT2D eigenvalue weighted by molar-refractivity contribution is 7.92. The molecular formula is C37H54F2N4O7S. The summed E-state index contributed by atoms with van der Waals surface area (Å²) in [7, 11) is -3.91. The summed E-state index contributed by atoms with van der Waals surface area (Å²) >= 11 is 0. The molecule has 0 aromatic heterocycles. The van der Waals surface area contributed by atoms with Crippen LogP contribution in [0, 0.1) is 11.6 Å².